The highest BCUT2D eigenvalue weighted by molar-refractivity contribution is 8.10. The minimum atomic E-state index is -2.81. The second-order valence-corrected chi connectivity index (χ2v) is 8.42. The van der Waals surface area contributed by atoms with Gasteiger partial charge >= 0.3 is 6.64 Å². The van der Waals surface area contributed by atoms with Gasteiger partial charge in [-0.3, -0.25) is 4.67 Å². The molecule has 0 aliphatic heterocycles. The molecule has 0 bridgehead atoms. The van der Waals surface area contributed by atoms with E-state index < -0.39 is 6.64 Å². The van der Waals surface area contributed by atoms with E-state index in [1.807, 2.05) is 103 Å². The predicted molar refractivity (Wildman–Crippen MR) is 103 cm³/mol. The lowest BCUT2D eigenvalue weighted by Gasteiger charge is -2.32. The molecule has 0 aliphatic rings. The van der Waals surface area contributed by atoms with Gasteiger partial charge < -0.3 is 9.05 Å². The zero-order chi connectivity index (χ0) is 16.8. The first-order chi connectivity index (χ1) is 11.7. The van der Waals surface area contributed by atoms with Crippen LogP contribution in [0.5, 0.6) is 11.5 Å². The van der Waals surface area contributed by atoms with Gasteiger partial charge in [0.1, 0.15) is 11.5 Å². The number of nitrogens with zero attached hydrogens (tertiary/aromatic N) is 1. The van der Waals surface area contributed by atoms with Crippen molar-refractivity contribution in [3.8, 4) is 11.5 Å². The van der Waals surface area contributed by atoms with Crippen LogP contribution in [0.15, 0.2) is 91.0 Å². The Morgan fingerprint density at radius 1 is 0.667 bits per heavy atom. The molecule has 3 aromatic carbocycles. The van der Waals surface area contributed by atoms with Gasteiger partial charge in [0, 0.05) is 24.5 Å². The lowest BCUT2D eigenvalue weighted by atomic mass is 10.3. The number of rotatable bonds is 6. The molecule has 0 aromatic heterocycles. The summed E-state index contributed by atoms with van der Waals surface area (Å²) in [6, 6.07) is 29.0. The Morgan fingerprint density at radius 3 is 1.46 bits per heavy atom. The zero-order valence-corrected chi connectivity index (χ0v) is 15.0. The standard InChI is InChI=1S/C19H18NO2PS/c1-20(17-11-5-2-6-12-17)23(24,21-18-13-7-3-8-14-18)22-19-15-9-4-10-16-19/h2-16H,1H3. The summed E-state index contributed by atoms with van der Waals surface area (Å²) in [5.41, 5.74) is 0.952. The van der Waals surface area contributed by atoms with Crippen LogP contribution in [0.1, 0.15) is 0 Å². The van der Waals surface area contributed by atoms with Crippen LogP contribution in [0.3, 0.4) is 0 Å². The Hall–Kier alpha value is -2.29. The fourth-order valence-corrected chi connectivity index (χ4v) is 4.43. The van der Waals surface area contributed by atoms with E-state index in [2.05, 4.69) is 0 Å². The minimum Gasteiger partial charge on any atom is -0.420 e. The predicted octanol–water partition coefficient (Wildman–Crippen LogP) is 5.51. The molecular formula is C19H18NO2PS. The molecule has 0 fully saturated rings. The van der Waals surface area contributed by atoms with Crippen LogP contribution in [0.2, 0.25) is 0 Å². The van der Waals surface area contributed by atoms with Crippen molar-refractivity contribution in [2.24, 2.45) is 0 Å². The van der Waals surface area contributed by atoms with Crippen molar-refractivity contribution in [3.05, 3.63) is 91.0 Å². The normalized spacial score (nSPS) is 10.9. The molecule has 122 valence electrons. The third-order valence-electron chi connectivity index (χ3n) is 3.43. The Balaban J connectivity index is 1.95. The van der Waals surface area contributed by atoms with Crippen LogP contribution in [-0.4, -0.2) is 7.05 Å². The van der Waals surface area contributed by atoms with Gasteiger partial charge in [-0.1, -0.05) is 54.6 Å². The molecule has 0 unspecified atom stereocenters. The zero-order valence-electron chi connectivity index (χ0n) is 13.3. The van der Waals surface area contributed by atoms with E-state index in [0.29, 0.717) is 11.5 Å². The van der Waals surface area contributed by atoms with Gasteiger partial charge in [0.15, 0.2) is 0 Å². The second-order valence-electron chi connectivity index (χ2n) is 5.14. The summed E-state index contributed by atoms with van der Waals surface area (Å²) in [5, 5.41) is 0. The maximum atomic E-state index is 6.15. The molecule has 0 atom stereocenters. The van der Waals surface area contributed by atoms with Crippen molar-refractivity contribution in [1.29, 1.82) is 0 Å². The van der Waals surface area contributed by atoms with Gasteiger partial charge in [-0.15, -0.1) is 0 Å². The Bertz CT molecular complexity index is 767. The highest BCUT2D eigenvalue weighted by Gasteiger charge is 2.29. The van der Waals surface area contributed by atoms with E-state index in [-0.39, 0.29) is 0 Å². The molecule has 3 rings (SSSR count). The topological polar surface area (TPSA) is 21.7 Å². The first-order valence-corrected chi connectivity index (χ1v) is 10.1. The first-order valence-electron chi connectivity index (χ1n) is 7.56. The van der Waals surface area contributed by atoms with E-state index in [1.165, 1.54) is 0 Å². The molecule has 0 radical (unpaired) electrons. The molecule has 3 nitrogen and oxygen atoms in total. The summed E-state index contributed by atoms with van der Waals surface area (Å²) in [4.78, 5) is 0. The van der Waals surface area contributed by atoms with Crippen LogP contribution in [-0.2, 0) is 11.8 Å². The largest absolute Gasteiger partial charge is 0.420 e. The van der Waals surface area contributed by atoms with Crippen molar-refractivity contribution in [3.63, 3.8) is 0 Å². The van der Waals surface area contributed by atoms with Gasteiger partial charge in [-0.05, 0) is 36.4 Å². The van der Waals surface area contributed by atoms with E-state index in [1.54, 1.807) is 0 Å². The summed E-state index contributed by atoms with van der Waals surface area (Å²) in [5.74, 6) is 1.39. The van der Waals surface area contributed by atoms with E-state index >= 15 is 0 Å². The van der Waals surface area contributed by atoms with E-state index in [4.69, 9.17) is 20.9 Å². The number of hydrogen-bond acceptors (Lipinski definition) is 3. The molecule has 0 saturated heterocycles. The third kappa shape index (κ3) is 3.97. The summed E-state index contributed by atoms with van der Waals surface area (Å²) in [6.07, 6.45) is 0. The molecule has 24 heavy (non-hydrogen) atoms. The number of anilines is 1. The minimum absolute atomic E-state index is 0.694. The summed E-state index contributed by atoms with van der Waals surface area (Å²) in [7, 11) is 1.90. The maximum absolute atomic E-state index is 6.15. The molecule has 3 aromatic rings. The van der Waals surface area contributed by atoms with Crippen LogP contribution in [0, 0.1) is 0 Å². The molecule has 0 heterocycles. The molecule has 0 N–H and O–H groups in total. The highest BCUT2D eigenvalue weighted by atomic mass is 32.5. The second kappa shape index (κ2) is 7.52. The van der Waals surface area contributed by atoms with Crippen LogP contribution >= 0.6 is 6.64 Å². The molecule has 0 aliphatic carbocycles. The first kappa shape index (κ1) is 16.6. The lowest BCUT2D eigenvalue weighted by Crippen LogP contribution is -2.21. The van der Waals surface area contributed by atoms with E-state index in [0.717, 1.165) is 5.69 Å². The molecule has 0 saturated carbocycles. The van der Waals surface area contributed by atoms with Gasteiger partial charge in [0.25, 0.3) is 0 Å². The monoisotopic (exact) mass is 355 g/mol. The van der Waals surface area contributed by atoms with Gasteiger partial charge in [0.05, 0.1) is 0 Å². The molecule has 5 heteroatoms. The van der Waals surface area contributed by atoms with Crippen LogP contribution < -0.4 is 13.7 Å². The number of para-hydroxylation sites is 3. The van der Waals surface area contributed by atoms with Crippen molar-refractivity contribution in [2.45, 2.75) is 0 Å². The maximum Gasteiger partial charge on any atom is 0.394 e. The average Bonchev–Trinajstić information content (AvgIpc) is 2.63. The fourth-order valence-electron chi connectivity index (χ4n) is 2.16. The van der Waals surface area contributed by atoms with Crippen molar-refractivity contribution < 1.29 is 9.05 Å². The SMILES string of the molecule is CN(c1ccccc1)P(=S)(Oc1ccccc1)Oc1ccccc1. The highest BCUT2D eigenvalue weighted by Crippen LogP contribution is 2.53. The van der Waals surface area contributed by atoms with Crippen molar-refractivity contribution in [1.82, 2.24) is 0 Å². The van der Waals surface area contributed by atoms with Gasteiger partial charge in [-0.2, -0.15) is 0 Å². The van der Waals surface area contributed by atoms with Gasteiger partial charge in [-0.25, -0.2) is 0 Å². The molecular weight excluding hydrogens is 337 g/mol. The van der Waals surface area contributed by atoms with Gasteiger partial charge in [0.2, 0.25) is 0 Å². The smallest absolute Gasteiger partial charge is 0.394 e. The number of benzene rings is 3. The van der Waals surface area contributed by atoms with Crippen LogP contribution in [0.25, 0.3) is 0 Å². The molecule has 0 spiro atoms. The Kier molecular flexibility index (Phi) is 5.19. The Morgan fingerprint density at radius 2 is 1.04 bits per heavy atom. The number of hydrogen-bond donors (Lipinski definition) is 0. The lowest BCUT2D eigenvalue weighted by molar-refractivity contribution is 0.484. The fraction of sp³-hybridized carbons (Fsp3) is 0.0526. The van der Waals surface area contributed by atoms with E-state index in [9.17, 15) is 0 Å². The summed E-state index contributed by atoms with van der Waals surface area (Å²) >= 11 is 5.86. The summed E-state index contributed by atoms with van der Waals surface area (Å²) in [6.45, 7) is -2.81. The average molecular weight is 355 g/mol. The summed E-state index contributed by atoms with van der Waals surface area (Å²) < 4.78 is 14.2. The molecule has 0 amide bonds. The van der Waals surface area contributed by atoms with Crippen molar-refractivity contribution in [2.75, 3.05) is 11.7 Å². The third-order valence-corrected chi connectivity index (χ3v) is 6.46. The van der Waals surface area contributed by atoms with Crippen molar-refractivity contribution >= 4 is 24.1 Å². The quantitative estimate of drug-likeness (QED) is 0.544. The Labute approximate surface area is 147 Å². The van der Waals surface area contributed by atoms with Crippen LogP contribution in [0.4, 0.5) is 5.69 Å².